The number of ether oxygens (including phenoxy) is 1. The van der Waals surface area contributed by atoms with Gasteiger partial charge in [0, 0.05) is 25.7 Å². The highest BCUT2D eigenvalue weighted by molar-refractivity contribution is 5.42. The van der Waals surface area contributed by atoms with Gasteiger partial charge in [-0.15, -0.1) is 0 Å². The Morgan fingerprint density at radius 3 is 2.62 bits per heavy atom. The number of morpholine rings is 1. The van der Waals surface area contributed by atoms with Crippen LogP contribution in [-0.2, 0) is 4.74 Å². The monoisotopic (exact) mass is 296 g/mol. The third-order valence-corrected chi connectivity index (χ3v) is 3.49. The van der Waals surface area contributed by atoms with Crippen LogP contribution in [0.25, 0.3) is 0 Å². The number of rotatable bonds is 6. The molecule has 0 radical (unpaired) electrons. The van der Waals surface area contributed by atoms with Gasteiger partial charge in [0.05, 0.1) is 13.2 Å². The molecule has 1 aromatic heterocycles. The van der Waals surface area contributed by atoms with Crippen LogP contribution < -0.4 is 16.0 Å². The number of aromatic nitrogens is 3. The van der Waals surface area contributed by atoms with Crippen LogP contribution >= 0.6 is 0 Å². The van der Waals surface area contributed by atoms with Crippen molar-refractivity contribution < 1.29 is 9.84 Å². The van der Waals surface area contributed by atoms with E-state index in [4.69, 9.17) is 15.6 Å². The maximum absolute atomic E-state index is 9.14. The summed E-state index contributed by atoms with van der Waals surface area (Å²) in [5.41, 5.74) is 5.78. The molecule has 2 rings (SSSR count). The fraction of sp³-hybridized carbons (Fsp3) is 0.769. The minimum atomic E-state index is 0.0920. The molecule has 0 aromatic carbocycles. The van der Waals surface area contributed by atoms with Gasteiger partial charge in [0.1, 0.15) is 0 Å². The van der Waals surface area contributed by atoms with Crippen LogP contribution in [0.2, 0.25) is 0 Å². The molecule has 1 saturated heterocycles. The van der Waals surface area contributed by atoms with E-state index in [1.807, 2.05) is 4.90 Å². The van der Waals surface area contributed by atoms with E-state index < -0.39 is 0 Å². The molecule has 4 N–H and O–H groups in total. The van der Waals surface area contributed by atoms with Crippen molar-refractivity contribution in [3.63, 3.8) is 0 Å². The standard InChI is InChI=1S/C13H24N6O2/c1-9(2)10(3-6-20)15-12-16-11(14)17-13(18-12)19-4-7-21-8-5-19/h9-10,20H,3-8H2,1-2H3,(H3,14,15,16,17,18). The van der Waals surface area contributed by atoms with Crippen LogP contribution in [0.4, 0.5) is 17.8 Å². The molecule has 1 aromatic rings. The van der Waals surface area contributed by atoms with E-state index >= 15 is 0 Å². The average Bonchev–Trinajstić information content (AvgIpc) is 2.47. The molecule has 0 aliphatic carbocycles. The first-order valence-electron chi connectivity index (χ1n) is 7.31. The Kier molecular flexibility index (Phi) is 5.51. The molecule has 118 valence electrons. The zero-order valence-electron chi connectivity index (χ0n) is 12.6. The topological polar surface area (TPSA) is 109 Å². The van der Waals surface area contributed by atoms with Crippen molar-refractivity contribution >= 4 is 17.8 Å². The van der Waals surface area contributed by atoms with Crippen molar-refractivity contribution in [1.29, 1.82) is 0 Å². The highest BCUT2D eigenvalue weighted by Crippen LogP contribution is 2.16. The summed E-state index contributed by atoms with van der Waals surface area (Å²) in [6.07, 6.45) is 0.635. The Morgan fingerprint density at radius 2 is 2.00 bits per heavy atom. The zero-order chi connectivity index (χ0) is 15.2. The number of aliphatic hydroxyl groups excluding tert-OH is 1. The Hall–Kier alpha value is -1.67. The smallest absolute Gasteiger partial charge is 0.232 e. The van der Waals surface area contributed by atoms with Gasteiger partial charge in [-0.2, -0.15) is 15.0 Å². The van der Waals surface area contributed by atoms with Gasteiger partial charge in [0.15, 0.2) is 0 Å². The minimum Gasteiger partial charge on any atom is -0.396 e. The summed E-state index contributed by atoms with van der Waals surface area (Å²) < 4.78 is 5.32. The maximum Gasteiger partial charge on any atom is 0.232 e. The maximum atomic E-state index is 9.14. The summed E-state index contributed by atoms with van der Waals surface area (Å²) in [4.78, 5) is 14.8. The average molecular weight is 296 g/mol. The van der Waals surface area contributed by atoms with Crippen LogP contribution in [0, 0.1) is 5.92 Å². The summed E-state index contributed by atoms with van der Waals surface area (Å²) >= 11 is 0. The van der Waals surface area contributed by atoms with Gasteiger partial charge in [-0.1, -0.05) is 13.8 Å². The normalized spacial score (nSPS) is 17.0. The van der Waals surface area contributed by atoms with E-state index in [2.05, 4.69) is 34.1 Å². The van der Waals surface area contributed by atoms with E-state index in [1.54, 1.807) is 0 Å². The summed E-state index contributed by atoms with van der Waals surface area (Å²) in [5, 5.41) is 12.4. The zero-order valence-corrected chi connectivity index (χ0v) is 12.6. The minimum absolute atomic E-state index is 0.0920. The summed E-state index contributed by atoms with van der Waals surface area (Å²) in [5.74, 6) is 1.57. The van der Waals surface area contributed by atoms with Gasteiger partial charge >= 0.3 is 0 Å². The van der Waals surface area contributed by atoms with Crippen molar-refractivity contribution in [3.05, 3.63) is 0 Å². The number of nitrogen functional groups attached to an aromatic ring is 1. The molecule has 2 heterocycles. The molecule has 0 bridgehead atoms. The lowest BCUT2D eigenvalue weighted by Gasteiger charge is -2.27. The molecule has 1 atom stereocenters. The van der Waals surface area contributed by atoms with E-state index in [-0.39, 0.29) is 18.6 Å². The fourth-order valence-corrected chi connectivity index (χ4v) is 2.23. The number of nitrogens with zero attached hydrogens (tertiary/aromatic N) is 4. The second-order valence-electron chi connectivity index (χ2n) is 5.42. The summed E-state index contributed by atoms with van der Waals surface area (Å²) in [7, 11) is 0. The first kappa shape index (κ1) is 15.7. The fourth-order valence-electron chi connectivity index (χ4n) is 2.23. The quantitative estimate of drug-likeness (QED) is 0.678. The summed E-state index contributed by atoms with van der Waals surface area (Å²) in [6, 6.07) is 0.0920. The largest absolute Gasteiger partial charge is 0.396 e. The third-order valence-electron chi connectivity index (χ3n) is 3.49. The molecule has 0 amide bonds. The molecule has 1 unspecified atom stereocenters. The Morgan fingerprint density at radius 1 is 1.29 bits per heavy atom. The number of aliphatic hydroxyl groups is 1. The molecular weight excluding hydrogens is 272 g/mol. The SMILES string of the molecule is CC(C)C(CCO)Nc1nc(N)nc(N2CCOCC2)n1. The summed E-state index contributed by atoms with van der Waals surface area (Å²) in [6.45, 7) is 7.09. The predicted octanol–water partition coefficient (Wildman–Crippen LogP) is 0.109. The van der Waals surface area contributed by atoms with Crippen LogP contribution in [0.5, 0.6) is 0 Å². The lowest BCUT2D eigenvalue weighted by atomic mass is 10.0. The van der Waals surface area contributed by atoms with E-state index in [0.29, 0.717) is 37.4 Å². The molecule has 21 heavy (non-hydrogen) atoms. The van der Waals surface area contributed by atoms with Crippen molar-refractivity contribution in [1.82, 2.24) is 15.0 Å². The number of anilines is 3. The lowest BCUT2D eigenvalue weighted by molar-refractivity contribution is 0.122. The lowest BCUT2D eigenvalue weighted by Crippen LogP contribution is -2.38. The van der Waals surface area contributed by atoms with Crippen molar-refractivity contribution in [3.8, 4) is 0 Å². The Balaban J connectivity index is 2.13. The molecule has 1 fully saturated rings. The highest BCUT2D eigenvalue weighted by Gasteiger charge is 2.18. The van der Waals surface area contributed by atoms with E-state index in [0.717, 1.165) is 13.1 Å². The first-order chi connectivity index (χ1) is 10.1. The molecule has 0 saturated carbocycles. The van der Waals surface area contributed by atoms with Crippen LogP contribution in [-0.4, -0.2) is 59.0 Å². The van der Waals surface area contributed by atoms with Crippen LogP contribution in [0.3, 0.4) is 0 Å². The number of nitrogens with one attached hydrogen (secondary N) is 1. The van der Waals surface area contributed by atoms with Gasteiger partial charge < -0.3 is 25.8 Å². The van der Waals surface area contributed by atoms with Gasteiger partial charge in [-0.25, -0.2) is 0 Å². The molecular formula is C13H24N6O2. The number of nitrogens with two attached hydrogens (primary N) is 1. The van der Waals surface area contributed by atoms with E-state index in [9.17, 15) is 0 Å². The molecule has 0 spiro atoms. The van der Waals surface area contributed by atoms with Crippen LogP contribution in [0.15, 0.2) is 0 Å². The third kappa shape index (κ3) is 4.40. The molecule has 8 nitrogen and oxygen atoms in total. The van der Waals surface area contributed by atoms with Gasteiger partial charge in [-0.05, 0) is 12.3 Å². The molecule has 1 aliphatic heterocycles. The number of hydrogen-bond acceptors (Lipinski definition) is 8. The van der Waals surface area contributed by atoms with Crippen molar-refractivity contribution in [2.45, 2.75) is 26.3 Å². The Labute approximate surface area is 124 Å². The van der Waals surface area contributed by atoms with Gasteiger partial charge in [0.25, 0.3) is 0 Å². The predicted molar refractivity (Wildman–Crippen MR) is 81.2 cm³/mol. The van der Waals surface area contributed by atoms with Crippen molar-refractivity contribution in [2.75, 3.05) is 48.9 Å². The van der Waals surface area contributed by atoms with E-state index in [1.165, 1.54) is 0 Å². The van der Waals surface area contributed by atoms with Crippen molar-refractivity contribution in [2.24, 2.45) is 5.92 Å². The molecule has 8 heteroatoms. The van der Waals surface area contributed by atoms with Gasteiger partial charge in [0.2, 0.25) is 17.8 Å². The first-order valence-corrected chi connectivity index (χ1v) is 7.31. The van der Waals surface area contributed by atoms with Gasteiger partial charge in [-0.3, -0.25) is 0 Å². The second-order valence-corrected chi connectivity index (χ2v) is 5.42. The highest BCUT2D eigenvalue weighted by atomic mass is 16.5. The van der Waals surface area contributed by atoms with Crippen LogP contribution in [0.1, 0.15) is 20.3 Å². The second kappa shape index (κ2) is 7.37. The Bertz CT molecular complexity index is 450. The molecule has 1 aliphatic rings. The number of hydrogen-bond donors (Lipinski definition) is 3.